The van der Waals surface area contributed by atoms with Crippen LogP contribution in [0.1, 0.15) is 30.9 Å². The molecule has 1 aromatic carbocycles. The molecule has 2 aliphatic heterocycles. The number of ether oxygens (including phenoxy) is 1. The van der Waals surface area contributed by atoms with Crippen molar-refractivity contribution in [1.82, 2.24) is 19.4 Å². The largest absolute Gasteiger partial charge is 0.574 e. The van der Waals surface area contributed by atoms with Gasteiger partial charge in [0.1, 0.15) is 5.50 Å². The molecular formula is C26H31ClF3N5O2. The van der Waals surface area contributed by atoms with E-state index in [1.54, 1.807) is 17.1 Å². The third-order valence-electron chi connectivity index (χ3n) is 6.38. The number of likely N-dealkylation sites (N-methyl/N-ethyl adjacent to an activating group) is 1. The van der Waals surface area contributed by atoms with Gasteiger partial charge < -0.3 is 19.1 Å². The van der Waals surface area contributed by atoms with Crippen molar-refractivity contribution in [2.75, 3.05) is 38.6 Å². The predicted molar refractivity (Wildman–Crippen MR) is 138 cm³/mol. The number of hydrogen-bond donors (Lipinski definition) is 0. The summed E-state index contributed by atoms with van der Waals surface area (Å²) in [7, 11) is 3.85. The van der Waals surface area contributed by atoms with Crippen LogP contribution in [-0.4, -0.2) is 70.9 Å². The van der Waals surface area contributed by atoms with Gasteiger partial charge in [0.05, 0.1) is 17.1 Å². The molecule has 7 nitrogen and oxygen atoms in total. The van der Waals surface area contributed by atoms with Gasteiger partial charge in [0.15, 0.2) is 0 Å². The van der Waals surface area contributed by atoms with E-state index in [-0.39, 0.29) is 17.9 Å². The molecule has 2 aromatic rings. The van der Waals surface area contributed by atoms with Gasteiger partial charge in [-0.25, -0.2) is 4.98 Å². The average Bonchev–Trinajstić information content (AvgIpc) is 3.01. The topological polar surface area (TPSA) is 53.8 Å². The molecule has 0 saturated carbocycles. The lowest BCUT2D eigenvalue weighted by Gasteiger charge is -2.33. The minimum absolute atomic E-state index is 0.0893. The minimum atomic E-state index is -4.90. The van der Waals surface area contributed by atoms with E-state index < -0.39 is 17.7 Å². The average molecular weight is 538 g/mol. The minimum Gasteiger partial charge on any atom is -0.390 e. The van der Waals surface area contributed by atoms with Gasteiger partial charge in [0.25, 0.3) is 0 Å². The second-order valence-electron chi connectivity index (χ2n) is 9.50. The van der Waals surface area contributed by atoms with Gasteiger partial charge >= 0.3 is 6.36 Å². The summed E-state index contributed by atoms with van der Waals surface area (Å²) < 4.78 is 46.1. The molecular weight excluding hydrogens is 507 g/mol. The molecule has 37 heavy (non-hydrogen) atoms. The Bertz CT molecular complexity index is 1220. The quantitative estimate of drug-likeness (QED) is 0.283. The summed E-state index contributed by atoms with van der Waals surface area (Å²) in [6, 6.07) is 5.39. The van der Waals surface area contributed by atoms with E-state index in [0.29, 0.717) is 25.2 Å². The standard InChI is InChI=1S/C26H31ClF3N5O2/c1-18-9-6-11-20-24(18)34(19-10-4-5-16-33(17-19)22(36)13-8-15-32(2)3)25(31-20)35-21(27)12-7-14-23(35)37-26(28,29)30/h6-9,11-14,19,21H,4-5,10,15-17H2,1-3H3/b13-8+. The van der Waals surface area contributed by atoms with Gasteiger partial charge in [0.2, 0.25) is 17.7 Å². The molecule has 1 saturated heterocycles. The van der Waals surface area contributed by atoms with E-state index in [1.165, 1.54) is 17.1 Å². The van der Waals surface area contributed by atoms with Crippen LogP contribution in [0, 0.1) is 6.92 Å². The number of imidazole rings is 1. The Morgan fingerprint density at radius 1 is 1.30 bits per heavy atom. The molecule has 2 aliphatic rings. The van der Waals surface area contributed by atoms with Gasteiger partial charge in [0, 0.05) is 25.7 Å². The number of aromatic nitrogens is 2. The molecule has 1 amide bonds. The highest BCUT2D eigenvalue weighted by atomic mass is 35.5. The molecule has 1 aromatic heterocycles. The zero-order valence-corrected chi connectivity index (χ0v) is 21.8. The molecule has 11 heteroatoms. The van der Waals surface area contributed by atoms with Crippen molar-refractivity contribution >= 4 is 34.5 Å². The molecule has 3 heterocycles. The van der Waals surface area contributed by atoms with E-state index in [1.807, 2.05) is 54.8 Å². The lowest BCUT2D eigenvalue weighted by atomic mass is 10.1. The molecule has 0 bridgehead atoms. The van der Waals surface area contributed by atoms with Crippen LogP contribution in [0.3, 0.4) is 0 Å². The van der Waals surface area contributed by atoms with Gasteiger partial charge in [-0.05, 0) is 64.1 Å². The number of allylic oxidation sites excluding steroid dienone is 2. The Morgan fingerprint density at radius 3 is 2.81 bits per heavy atom. The summed E-state index contributed by atoms with van der Waals surface area (Å²) in [5, 5.41) is 0. The number of carbonyl (C=O) groups excluding carboxylic acids is 1. The van der Waals surface area contributed by atoms with Crippen LogP contribution in [0.15, 0.2) is 54.5 Å². The van der Waals surface area contributed by atoms with Gasteiger partial charge in [-0.3, -0.25) is 9.69 Å². The fourth-order valence-electron chi connectivity index (χ4n) is 4.75. The molecule has 0 radical (unpaired) electrons. The Kier molecular flexibility index (Phi) is 8.18. The van der Waals surface area contributed by atoms with Crippen molar-refractivity contribution in [3.8, 4) is 0 Å². The highest BCUT2D eigenvalue weighted by molar-refractivity contribution is 6.23. The summed E-state index contributed by atoms with van der Waals surface area (Å²) in [6.07, 6.45) is 5.15. The summed E-state index contributed by atoms with van der Waals surface area (Å²) in [5.41, 5.74) is 1.40. The summed E-state index contributed by atoms with van der Waals surface area (Å²) in [5.74, 6) is -0.308. The van der Waals surface area contributed by atoms with E-state index in [2.05, 4.69) is 4.74 Å². The Hall–Kier alpha value is -2.98. The fourth-order valence-corrected chi connectivity index (χ4v) is 5.02. The number of halogens is 4. The fraction of sp³-hybridized carbons (Fsp3) is 0.462. The number of para-hydroxylation sites is 1. The molecule has 200 valence electrons. The van der Waals surface area contributed by atoms with Crippen LogP contribution in [0.2, 0.25) is 0 Å². The van der Waals surface area contributed by atoms with Crippen molar-refractivity contribution in [3.05, 3.63) is 60.0 Å². The van der Waals surface area contributed by atoms with Crippen LogP contribution in [0.25, 0.3) is 11.0 Å². The van der Waals surface area contributed by atoms with Crippen LogP contribution in [-0.2, 0) is 9.53 Å². The van der Waals surface area contributed by atoms with Crippen molar-refractivity contribution in [3.63, 3.8) is 0 Å². The molecule has 0 aliphatic carbocycles. The molecule has 2 atom stereocenters. The number of hydrogen-bond acceptors (Lipinski definition) is 5. The van der Waals surface area contributed by atoms with E-state index >= 15 is 0 Å². The van der Waals surface area contributed by atoms with Crippen molar-refractivity contribution in [2.45, 2.75) is 44.1 Å². The first-order valence-corrected chi connectivity index (χ1v) is 12.6. The maximum absolute atomic E-state index is 13.3. The van der Waals surface area contributed by atoms with Gasteiger partial charge in [-0.15, -0.1) is 13.2 Å². The second-order valence-corrected chi connectivity index (χ2v) is 9.95. The van der Waals surface area contributed by atoms with E-state index in [0.717, 1.165) is 30.3 Å². The lowest BCUT2D eigenvalue weighted by Crippen LogP contribution is -2.39. The van der Waals surface area contributed by atoms with Crippen molar-refractivity contribution in [2.24, 2.45) is 0 Å². The number of likely N-dealkylation sites (tertiary alicyclic amines) is 1. The molecule has 1 fully saturated rings. The molecule has 2 unspecified atom stereocenters. The van der Waals surface area contributed by atoms with Crippen molar-refractivity contribution < 1.29 is 22.7 Å². The number of aryl methyl sites for hydroxylation is 1. The molecule has 4 rings (SSSR count). The maximum Gasteiger partial charge on any atom is 0.574 e. The highest BCUT2D eigenvalue weighted by Gasteiger charge is 2.39. The van der Waals surface area contributed by atoms with Gasteiger partial charge in [-0.2, -0.15) is 0 Å². The number of fused-ring (bicyclic) bond motifs is 1. The summed E-state index contributed by atoms with van der Waals surface area (Å²) in [6.45, 7) is 3.58. The number of nitrogens with zero attached hydrogens (tertiary/aromatic N) is 5. The van der Waals surface area contributed by atoms with Crippen LogP contribution >= 0.6 is 11.6 Å². The third-order valence-corrected chi connectivity index (χ3v) is 6.72. The number of carbonyl (C=O) groups is 1. The SMILES string of the molecule is Cc1cccc2nc(N3C(OC(F)(F)F)=CC=CC3Cl)n(C3CCCCN(C(=O)/C=C/CN(C)C)C3)c12. The highest BCUT2D eigenvalue weighted by Crippen LogP contribution is 2.38. The number of amides is 1. The smallest absolute Gasteiger partial charge is 0.390 e. The van der Waals surface area contributed by atoms with Crippen LogP contribution in [0.4, 0.5) is 19.1 Å². The number of alkyl halides is 4. The number of benzene rings is 1. The summed E-state index contributed by atoms with van der Waals surface area (Å²) in [4.78, 5) is 22.8. The van der Waals surface area contributed by atoms with Crippen LogP contribution < -0.4 is 4.90 Å². The Morgan fingerprint density at radius 2 is 2.08 bits per heavy atom. The first-order chi connectivity index (χ1) is 17.5. The zero-order chi connectivity index (χ0) is 26.7. The number of rotatable bonds is 6. The maximum atomic E-state index is 13.3. The number of anilines is 1. The normalized spacial score (nSPS) is 21.1. The van der Waals surface area contributed by atoms with E-state index in [9.17, 15) is 18.0 Å². The zero-order valence-electron chi connectivity index (χ0n) is 21.1. The van der Waals surface area contributed by atoms with Crippen molar-refractivity contribution in [1.29, 1.82) is 0 Å². The van der Waals surface area contributed by atoms with Gasteiger partial charge in [-0.1, -0.05) is 35.9 Å². The predicted octanol–water partition coefficient (Wildman–Crippen LogP) is 5.34. The molecule has 0 spiro atoms. The first-order valence-electron chi connectivity index (χ1n) is 12.2. The second kappa shape index (κ2) is 11.2. The Labute approximate surface area is 219 Å². The monoisotopic (exact) mass is 537 g/mol. The first kappa shape index (κ1) is 27.1. The molecule has 0 N–H and O–H groups in total. The lowest BCUT2D eigenvalue weighted by molar-refractivity contribution is -0.306. The van der Waals surface area contributed by atoms with Crippen LogP contribution in [0.5, 0.6) is 0 Å². The Balaban J connectivity index is 1.77. The summed E-state index contributed by atoms with van der Waals surface area (Å²) >= 11 is 6.53. The third kappa shape index (κ3) is 6.30. The van der Waals surface area contributed by atoms with E-state index in [4.69, 9.17) is 16.6 Å².